The second-order valence-corrected chi connectivity index (χ2v) is 7.23. The van der Waals surface area contributed by atoms with Crippen molar-refractivity contribution in [2.24, 2.45) is 0 Å². The largest absolute Gasteiger partial charge is 0.497 e. The van der Waals surface area contributed by atoms with E-state index in [1.54, 1.807) is 7.11 Å². The first-order valence-electron chi connectivity index (χ1n) is 8.67. The maximum absolute atomic E-state index is 12.0. The number of hydrogen-bond donors (Lipinski definition) is 2. The average molecular weight is 372 g/mol. The van der Waals surface area contributed by atoms with E-state index in [4.69, 9.17) is 4.74 Å². The maximum atomic E-state index is 12.0. The van der Waals surface area contributed by atoms with E-state index in [9.17, 15) is 4.79 Å². The summed E-state index contributed by atoms with van der Waals surface area (Å²) < 4.78 is 5.19. The zero-order valence-electron chi connectivity index (χ0n) is 14.9. The predicted molar refractivity (Wildman–Crippen MR) is 106 cm³/mol. The molecule has 1 aliphatic heterocycles. The molecular formula is C19H24N4O2S. The normalized spacial score (nSPS) is 14.0. The third-order valence-electron chi connectivity index (χ3n) is 4.19. The number of hydrogen-bond acceptors (Lipinski definition) is 5. The SMILES string of the molecule is COc1cccc(CNC(=O)NCc2ccnc(N3CCSCC3)c2)c1. The summed E-state index contributed by atoms with van der Waals surface area (Å²) in [7, 11) is 1.63. The molecule has 2 heterocycles. The summed E-state index contributed by atoms with van der Waals surface area (Å²) in [5, 5.41) is 5.76. The fraction of sp³-hybridized carbons (Fsp3) is 0.368. The Bertz CT molecular complexity index is 735. The summed E-state index contributed by atoms with van der Waals surface area (Å²) in [4.78, 5) is 18.8. The van der Waals surface area contributed by atoms with E-state index >= 15 is 0 Å². The molecule has 1 aromatic heterocycles. The van der Waals surface area contributed by atoms with Crippen LogP contribution in [0.1, 0.15) is 11.1 Å². The van der Waals surface area contributed by atoms with Gasteiger partial charge in [0, 0.05) is 43.9 Å². The number of aromatic nitrogens is 1. The second-order valence-electron chi connectivity index (χ2n) is 6.01. The van der Waals surface area contributed by atoms with Crippen LogP contribution in [0, 0.1) is 0 Å². The van der Waals surface area contributed by atoms with Crippen LogP contribution in [-0.2, 0) is 13.1 Å². The zero-order chi connectivity index (χ0) is 18.2. The average Bonchev–Trinajstić information content (AvgIpc) is 2.72. The number of nitrogens with one attached hydrogen (secondary N) is 2. The van der Waals surface area contributed by atoms with Crippen LogP contribution in [0.3, 0.4) is 0 Å². The number of anilines is 1. The highest BCUT2D eigenvalue weighted by Gasteiger charge is 2.12. The van der Waals surface area contributed by atoms with Gasteiger partial charge in [0.15, 0.2) is 0 Å². The molecule has 1 aromatic carbocycles. The summed E-state index contributed by atoms with van der Waals surface area (Å²) in [6.07, 6.45) is 1.81. The molecule has 138 valence electrons. The number of pyridine rings is 1. The van der Waals surface area contributed by atoms with Crippen LogP contribution in [0.5, 0.6) is 5.75 Å². The van der Waals surface area contributed by atoms with E-state index < -0.39 is 0 Å². The van der Waals surface area contributed by atoms with Crippen LogP contribution in [0.4, 0.5) is 10.6 Å². The van der Waals surface area contributed by atoms with Crippen molar-refractivity contribution in [1.29, 1.82) is 0 Å². The fourth-order valence-corrected chi connectivity index (χ4v) is 3.65. The van der Waals surface area contributed by atoms with E-state index in [1.165, 1.54) is 0 Å². The molecule has 1 aliphatic rings. The Labute approximate surface area is 158 Å². The van der Waals surface area contributed by atoms with Crippen molar-refractivity contribution in [3.05, 3.63) is 53.7 Å². The molecule has 0 radical (unpaired) electrons. The molecule has 0 saturated carbocycles. The molecule has 26 heavy (non-hydrogen) atoms. The number of methoxy groups -OCH3 is 1. The lowest BCUT2D eigenvalue weighted by atomic mass is 10.2. The Kier molecular flexibility index (Phi) is 6.60. The lowest BCUT2D eigenvalue weighted by molar-refractivity contribution is 0.240. The molecule has 7 heteroatoms. The minimum absolute atomic E-state index is 0.194. The van der Waals surface area contributed by atoms with Crippen molar-refractivity contribution in [2.45, 2.75) is 13.1 Å². The molecule has 0 atom stereocenters. The highest BCUT2D eigenvalue weighted by Crippen LogP contribution is 2.18. The molecular weight excluding hydrogens is 348 g/mol. The zero-order valence-corrected chi connectivity index (χ0v) is 15.7. The van der Waals surface area contributed by atoms with Crippen LogP contribution >= 0.6 is 11.8 Å². The van der Waals surface area contributed by atoms with Gasteiger partial charge in [0.05, 0.1) is 7.11 Å². The van der Waals surface area contributed by atoms with Gasteiger partial charge >= 0.3 is 6.03 Å². The summed E-state index contributed by atoms with van der Waals surface area (Å²) in [6.45, 7) is 2.98. The van der Waals surface area contributed by atoms with E-state index in [2.05, 4.69) is 26.6 Å². The number of nitrogens with zero attached hydrogens (tertiary/aromatic N) is 2. The smallest absolute Gasteiger partial charge is 0.315 e. The number of thioether (sulfide) groups is 1. The number of benzene rings is 1. The van der Waals surface area contributed by atoms with Crippen molar-refractivity contribution in [3.63, 3.8) is 0 Å². The first-order chi connectivity index (χ1) is 12.7. The van der Waals surface area contributed by atoms with E-state index in [-0.39, 0.29) is 6.03 Å². The maximum Gasteiger partial charge on any atom is 0.315 e. The van der Waals surface area contributed by atoms with E-state index in [1.807, 2.05) is 48.3 Å². The number of amides is 2. The van der Waals surface area contributed by atoms with Crippen molar-refractivity contribution in [2.75, 3.05) is 36.6 Å². The topological polar surface area (TPSA) is 66.5 Å². The van der Waals surface area contributed by atoms with E-state index in [0.29, 0.717) is 13.1 Å². The molecule has 0 unspecified atom stereocenters. The van der Waals surface area contributed by atoms with Gasteiger partial charge in [-0.15, -0.1) is 0 Å². The molecule has 3 rings (SSSR count). The monoisotopic (exact) mass is 372 g/mol. The Morgan fingerprint density at radius 3 is 2.62 bits per heavy atom. The van der Waals surface area contributed by atoms with Gasteiger partial charge in [-0.25, -0.2) is 9.78 Å². The van der Waals surface area contributed by atoms with Crippen molar-refractivity contribution < 1.29 is 9.53 Å². The molecule has 0 bridgehead atoms. The van der Waals surface area contributed by atoms with Gasteiger partial charge in [-0.05, 0) is 35.4 Å². The van der Waals surface area contributed by atoms with Crippen molar-refractivity contribution in [3.8, 4) is 5.75 Å². The molecule has 1 saturated heterocycles. The third kappa shape index (κ3) is 5.29. The summed E-state index contributed by atoms with van der Waals surface area (Å²) in [6, 6.07) is 11.4. The van der Waals surface area contributed by atoms with Gasteiger partial charge in [0.1, 0.15) is 11.6 Å². The van der Waals surface area contributed by atoms with Gasteiger partial charge in [0.2, 0.25) is 0 Å². The van der Waals surface area contributed by atoms with Crippen LogP contribution < -0.4 is 20.3 Å². The van der Waals surface area contributed by atoms with Gasteiger partial charge in [-0.1, -0.05) is 12.1 Å². The Morgan fingerprint density at radius 1 is 1.15 bits per heavy atom. The molecule has 0 spiro atoms. The number of urea groups is 1. The molecule has 2 N–H and O–H groups in total. The predicted octanol–water partition coefficient (Wildman–Crippen LogP) is 2.64. The number of ether oxygens (including phenoxy) is 1. The van der Waals surface area contributed by atoms with Crippen LogP contribution in [-0.4, -0.2) is 42.7 Å². The van der Waals surface area contributed by atoms with Gasteiger partial charge in [-0.3, -0.25) is 0 Å². The Balaban J connectivity index is 1.48. The molecule has 2 amide bonds. The second kappa shape index (κ2) is 9.33. The van der Waals surface area contributed by atoms with Gasteiger partial charge in [-0.2, -0.15) is 11.8 Å². The van der Waals surface area contributed by atoms with Gasteiger partial charge < -0.3 is 20.3 Å². The molecule has 2 aromatic rings. The minimum Gasteiger partial charge on any atom is -0.497 e. The standard InChI is InChI=1S/C19H24N4O2S/c1-25-17-4-2-3-15(11-17)13-21-19(24)22-14-16-5-6-20-18(12-16)23-7-9-26-10-8-23/h2-6,11-12H,7-10,13-14H2,1H3,(H2,21,22,24). The lowest BCUT2D eigenvalue weighted by Gasteiger charge is -2.27. The minimum atomic E-state index is -0.194. The highest BCUT2D eigenvalue weighted by molar-refractivity contribution is 7.99. The first kappa shape index (κ1) is 18.4. The Hall–Kier alpha value is -2.41. The summed E-state index contributed by atoms with van der Waals surface area (Å²) in [5.41, 5.74) is 2.04. The Morgan fingerprint density at radius 2 is 1.88 bits per heavy atom. The van der Waals surface area contributed by atoms with Gasteiger partial charge in [0.25, 0.3) is 0 Å². The summed E-state index contributed by atoms with van der Waals surface area (Å²) in [5.74, 6) is 4.04. The van der Waals surface area contributed by atoms with E-state index in [0.717, 1.165) is 47.3 Å². The number of rotatable bonds is 6. The molecule has 0 aliphatic carbocycles. The van der Waals surface area contributed by atoms with Crippen LogP contribution in [0.2, 0.25) is 0 Å². The number of carbonyl (C=O) groups is 1. The van der Waals surface area contributed by atoms with Crippen LogP contribution in [0.15, 0.2) is 42.6 Å². The third-order valence-corrected chi connectivity index (χ3v) is 5.13. The van der Waals surface area contributed by atoms with Crippen molar-refractivity contribution in [1.82, 2.24) is 15.6 Å². The lowest BCUT2D eigenvalue weighted by Crippen LogP contribution is -2.35. The molecule has 1 fully saturated rings. The highest BCUT2D eigenvalue weighted by atomic mass is 32.2. The quantitative estimate of drug-likeness (QED) is 0.816. The van der Waals surface area contributed by atoms with Crippen LogP contribution in [0.25, 0.3) is 0 Å². The first-order valence-corrected chi connectivity index (χ1v) is 9.82. The van der Waals surface area contributed by atoms with Crippen molar-refractivity contribution >= 4 is 23.6 Å². The molecule has 6 nitrogen and oxygen atoms in total. The fourth-order valence-electron chi connectivity index (χ4n) is 2.75. The number of carbonyl (C=O) groups excluding carboxylic acids is 1. The summed E-state index contributed by atoms with van der Waals surface area (Å²) >= 11 is 1.97.